The topological polar surface area (TPSA) is 78.2 Å². The number of anilines is 1. The van der Waals surface area contributed by atoms with Crippen LogP contribution in [0.2, 0.25) is 0 Å². The van der Waals surface area contributed by atoms with Gasteiger partial charge in [-0.1, -0.05) is 6.07 Å². The van der Waals surface area contributed by atoms with Gasteiger partial charge < -0.3 is 14.2 Å². The van der Waals surface area contributed by atoms with Crippen molar-refractivity contribution in [3.63, 3.8) is 0 Å². The molecule has 0 aliphatic rings. The average molecular weight is 328 g/mol. The fourth-order valence-corrected chi connectivity index (χ4v) is 2.88. The predicted molar refractivity (Wildman–Crippen MR) is 88.2 cm³/mol. The van der Waals surface area contributed by atoms with Crippen LogP contribution in [0.5, 0.6) is 0 Å². The molecular weight excluding hydrogens is 312 g/mol. The van der Waals surface area contributed by atoms with Crippen molar-refractivity contribution in [3.8, 4) is 16.8 Å². The molecule has 3 aromatic rings. The lowest BCUT2D eigenvalue weighted by Crippen LogP contribution is -2.26. The zero-order chi connectivity index (χ0) is 16.2. The largest absolute Gasteiger partial charge is 0.468 e. The number of rotatable bonds is 6. The smallest absolute Gasteiger partial charge is 0.240 e. The molecule has 0 fully saturated rings. The van der Waals surface area contributed by atoms with Crippen LogP contribution in [0.1, 0.15) is 17.5 Å². The first-order valence-corrected chi connectivity index (χ1v) is 7.95. The van der Waals surface area contributed by atoms with Gasteiger partial charge in [0, 0.05) is 6.54 Å². The molecule has 0 radical (unpaired) electrons. The molecule has 6 nitrogen and oxygen atoms in total. The van der Waals surface area contributed by atoms with Crippen LogP contribution in [-0.2, 0) is 0 Å². The number of thiophene rings is 1. The minimum Gasteiger partial charge on any atom is -0.468 e. The molecule has 118 valence electrons. The molecule has 23 heavy (non-hydrogen) atoms. The van der Waals surface area contributed by atoms with Crippen molar-refractivity contribution in [2.24, 2.45) is 0 Å². The molecule has 0 saturated heterocycles. The van der Waals surface area contributed by atoms with Crippen LogP contribution in [-0.4, -0.2) is 30.5 Å². The van der Waals surface area contributed by atoms with Crippen LogP contribution in [0.15, 0.2) is 44.7 Å². The van der Waals surface area contributed by atoms with E-state index in [1.807, 2.05) is 48.6 Å². The quantitative estimate of drug-likeness (QED) is 0.745. The number of hydrogen-bond acceptors (Lipinski definition) is 7. The van der Waals surface area contributed by atoms with Crippen LogP contribution in [0.4, 0.5) is 5.88 Å². The number of nitrogens with zero attached hydrogens (tertiary/aromatic N) is 3. The van der Waals surface area contributed by atoms with Gasteiger partial charge in [-0.15, -0.1) is 11.3 Å². The molecule has 0 amide bonds. The molecule has 1 atom stereocenters. The van der Waals surface area contributed by atoms with E-state index in [-0.39, 0.29) is 11.7 Å². The Morgan fingerprint density at radius 1 is 1.39 bits per heavy atom. The van der Waals surface area contributed by atoms with Crippen LogP contribution < -0.4 is 5.32 Å². The summed E-state index contributed by atoms with van der Waals surface area (Å²) in [4.78, 5) is 7.17. The predicted octanol–water partition coefficient (Wildman–Crippen LogP) is 3.58. The van der Waals surface area contributed by atoms with Crippen LogP contribution >= 0.6 is 11.3 Å². The molecule has 0 aliphatic heterocycles. The third-order valence-electron chi connectivity index (χ3n) is 3.42. The van der Waals surface area contributed by atoms with Crippen molar-refractivity contribution in [1.82, 2.24) is 9.88 Å². The van der Waals surface area contributed by atoms with Crippen LogP contribution in [0.25, 0.3) is 10.8 Å². The fraction of sp³-hybridized carbons (Fsp3) is 0.250. The summed E-state index contributed by atoms with van der Waals surface area (Å²) in [6.07, 6.45) is 1.65. The molecule has 0 aliphatic carbocycles. The van der Waals surface area contributed by atoms with E-state index < -0.39 is 0 Å². The van der Waals surface area contributed by atoms with Gasteiger partial charge in [-0.05, 0) is 37.7 Å². The van der Waals surface area contributed by atoms with Gasteiger partial charge in [-0.3, -0.25) is 4.90 Å². The van der Waals surface area contributed by atoms with Crippen molar-refractivity contribution in [3.05, 3.63) is 47.4 Å². The Balaban J connectivity index is 1.78. The second-order valence-corrected chi connectivity index (χ2v) is 6.11. The summed E-state index contributed by atoms with van der Waals surface area (Å²) in [5.74, 6) is 1.69. The summed E-state index contributed by atoms with van der Waals surface area (Å²) < 4.78 is 11.2. The number of aromatic nitrogens is 1. The molecule has 3 aromatic heterocycles. The van der Waals surface area contributed by atoms with Gasteiger partial charge in [0.2, 0.25) is 17.5 Å². The monoisotopic (exact) mass is 328 g/mol. The van der Waals surface area contributed by atoms with Crippen molar-refractivity contribution >= 4 is 17.2 Å². The van der Waals surface area contributed by atoms with Crippen molar-refractivity contribution in [2.45, 2.75) is 6.04 Å². The number of furan rings is 1. The number of hydrogen-bond donors (Lipinski definition) is 1. The maximum absolute atomic E-state index is 9.25. The molecule has 7 heteroatoms. The van der Waals surface area contributed by atoms with Gasteiger partial charge in [-0.2, -0.15) is 10.2 Å². The van der Waals surface area contributed by atoms with Crippen LogP contribution in [0, 0.1) is 11.3 Å². The third-order valence-corrected chi connectivity index (χ3v) is 4.27. The molecule has 0 unspecified atom stereocenters. The summed E-state index contributed by atoms with van der Waals surface area (Å²) in [5.41, 5.74) is 0.255. The summed E-state index contributed by atoms with van der Waals surface area (Å²) in [6.45, 7) is 0.536. The first kappa shape index (κ1) is 15.3. The Kier molecular flexibility index (Phi) is 4.46. The number of oxazole rings is 1. The first-order chi connectivity index (χ1) is 11.2. The standard InChI is InChI=1S/C16H16N4O2S/c1-20(2)12(13-5-3-7-21-13)10-18-15-11(9-17)19-16(22-15)14-6-4-8-23-14/h3-8,12,18H,10H2,1-2H3/t12-/m1/s1. The van der Waals surface area contributed by atoms with Gasteiger partial charge in [0.15, 0.2) is 0 Å². The molecule has 3 rings (SSSR count). The van der Waals surface area contributed by atoms with Crippen molar-refractivity contribution in [2.75, 3.05) is 26.0 Å². The molecule has 0 aromatic carbocycles. The summed E-state index contributed by atoms with van der Waals surface area (Å²) in [7, 11) is 3.94. The second-order valence-electron chi connectivity index (χ2n) is 5.16. The Bertz CT molecular complexity index is 785. The van der Waals surface area contributed by atoms with Gasteiger partial charge in [0.25, 0.3) is 0 Å². The van der Waals surface area contributed by atoms with E-state index in [4.69, 9.17) is 8.83 Å². The molecular formula is C16H16N4O2S. The maximum atomic E-state index is 9.25. The highest BCUT2D eigenvalue weighted by molar-refractivity contribution is 7.13. The average Bonchev–Trinajstić information content (AvgIpc) is 3.28. The highest BCUT2D eigenvalue weighted by Gasteiger charge is 2.20. The molecule has 0 saturated carbocycles. The van der Waals surface area contributed by atoms with Gasteiger partial charge in [-0.25, -0.2) is 0 Å². The van der Waals surface area contributed by atoms with E-state index in [9.17, 15) is 5.26 Å². The molecule has 1 N–H and O–H groups in total. The number of nitrogens with one attached hydrogen (secondary N) is 1. The zero-order valence-electron chi connectivity index (χ0n) is 12.8. The van der Waals surface area contributed by atoms with Crippen molar-refractivity contribution in [1.29, 1.82) is 5.26 Å². The summed E-state index contributed by atoms with van der Waals surface area (Å²) in [6, 6.07) is 9.70. The Labute approximate surface area is 138 Å². The SMILES string of the molecule is CN(C)[C@H](CNc1oc(-c2cccs2)nc1C#N)c1ccco1. The lowest BCUT2D eigenvalue weighted by atomic mass is 10.2. The summed E-state index contributed by atoms with van der Waals surface area (Å²) >= 11 is 1.52. The lowest BCUT2D eigenvalue weighted by molar-refractivity contribution is 0.268. The normalized spacial score (nSPS) is 12.3. The lowest BCUT2D eigenvalue weighted by Gasteiger charge is -2.22. The first-order valence-electron chi connectivity index (χ1n) is 7.07. The summed E-state index contributed by atoms with van der Waals surface area (Å²) in [5, 5.41) is 14.4. The van der Waals surface area contributed by atoms with E-state index in [0.717, 1.165) is 10.6 Å². The Morgan fingerprint density at radius 2 is 2.26 bits per heavy atom. The fourth-order valence-electron chi connectivity index (χ4n) is 2.23. The van der Waals surface area contributed by atoms with Gasteiger partial charge in [0.05, 0.1) is 17.2 Å². The minimum atomic E-state index is 0.0202. The Hall–Kier alpha value is -2.56. The number of nitriles is 1. The van der Waals surface area contributed by atoms with Crippen molar-refractivity contribution < 1.29 is 8.83 Å². The zero-order valence-corrected chi connectivity index (χ0v) is 13.6. The van der Waals surface area contributed by atoms with Crippen LogP contribution in [0.3, 0.4) is 0 Å². The Morgan fingerprint density at radius 3 is 2.87 bits per heavy atom. The van der Waals surface area contributed by atoms with E-state index >= 15 is 0 Å². The molecule has 0 spiro atoms. The highest BCUT2D eigenvalue weighted by Crippen LogP contribution is 2.29. The van der Waals surface area contributed by atoms with E-state index in [1.54, 1.807) is 6.26 Å². The molecule has 3 heterocycles. The second kappa shape index (κ2) is 6.69. The maximum Gasteiger partial charge on any atom is 0.240 e. The van der Waals surface area contributed by atoms with E-state index in [0.29, 0.717) is 18.3 Å². The third kappa shape index (κ3) is 3.28. The van der Waals surface area contributed by atoms with E-state index in [2.05, 4.69) is 16.4 Å². The van der Waals surface area contributed by atoms with Gasteiger partial charge in [0.1, 0.15) is 11.8 Å². The molecule has 0 bridgehead atoms. The van der Waals surface area contributed by atoms with Gasteiger partial charge >= 0.3 is 0 Å². The highest BCUT2D eigenvalue weighted by atomic mass is 32.1. The number of likely N-dealkylation sites (N-methyl/N-ethyl adjacent to an activating group) is 1. The minimum absolute atomic E-state index is 0.0202. The van der Waals surface area contributed by atoms with E-state index in [1.165, 1.54) is 11.3 Å².